The Kier molecular flexibility index (Phi) is 5.67. The molecule has 1 aliphatic carbocycles. The molecule has 0 aromatic carbocycles. The Morgan fingerprint density at radius 2 is 2.05 bits per heavy atom. The first kappa shape index (κ1) is 15.3. The fourth-order valence-electron chi connectivity index (χ4n) is 3.46. The van der Waals surface area contributed by atoms with Gasteiger partial charge < -0.3 is 15.0 Å². The Morgan fingerprint density at radius 3 is 2.74 bits per heavy atom. The SMILES string of the molecule is CC(C)N(C)CCCNC1CCOC2(CCCC2)C1. The summed E-state index contributed by atoms with van der Waals surface area (Å²) in [4.78, 5) is 2.42. The van der Waals surface area contributed by atoms with Crippen molar-refractivity contribution in [2.75, 3.05) is 26.7 Å². The zero-order chi connectivity index (χ0) is 13.7. The van der Waals surface area contributed by atoms with Crippen LogP contribution >= 0.6 is 0 Å². The largest absolute Gasteiger partial charge is 0.375 e. The quantitative estimate of drug-likeness (QED) is 0.750. The van der Waals surface area contributed by atoms with Crippen LogP contribution in [0.15, 0.2) is 0 Å². The van der Waals surface area contributed by atoms with E-state index >= 15 is 0 Å². The molecule has 1 saturated carbocycles. The third-order valence-corrected chi connectivity index (χ3v) is 5.01. The van der Waals surface area contributed by atoms with Crippen molar-refractivity contribution in [1.29, 1.82) is 0 Å². The van der Waals surface area contributed by atoms with Gasteiger partial charge in [-0.1, -0.05) is 12.8 Å². The van der Waals surface area contributed by atoms with Gasteiger partial charge >= 0.3 is 0 Å². The van der Waals surface area contributed by atoms with E-state index in [4.69, 9.17) is 4.74 Å². The summed E-state index contributed by atoms with van der Waals surface area (Å²) < 4.78 is 6.08. The molecular formula is C16H32N2O. The van der Waals surface area contributed by atoms with Gasteiger partial charge in [0.15, 0.2) is 0 Å². The third kappa shape index (κ3) is 4.44. The van der Waals surface area contributed by atoms with Crippen molar-refractivity contribution in [3.8, 4) is 0 Å². The van der Waals surface area contributed by atoms with Crippen molar-refractivity contribution in [1.82, 2.24) is 10.2 Å². The molecule has 3 heteroatoms. The molecule has 1 heterocycles. The van der Waals surface area contributed by atoms with E-state index in [9.17, 15) is 0 Å². The van der Waals surface area contributed by atoms with Crippen molar-refractivity contribution in [2.45, 2.75) is 76.5 Å². The molecule has 1 atom stereocenters. The highest BCUT2D eigenvalue weighted by Crippen LogP contribution is 2.39. The summed E-state index contributed by atoms with van der Waals surface area (Å²) in [7, 11) is 2.21. The Bertz CT molecular complexity index is 261. The highest BCUT2D eigenvalue weighted by molar-refractivity contribution is 4.93. The van der Waals surface area contributed by atoms with E-state index in [0.717, 1.165) is 13.2 Å². The summed E-state index contributed by atoms with van der Waals surface area (Å²) >= 11 is 0. The van der Waals surface area contributed by atoms with Crippen LogP contribution in [-0.4, -0.2) is 49.3 Å². The Labute approximate surface area is 119 Å². The van der Waals surface area contributed by atoms with E-state index in [1.165, 1.54) is 51.5 Å². The fraction of sp³-hybridized carbons (Fsp3) is 1.00. The second-order valence-electron chi connectivity index (χ2n) is 6.81. The molecule has 19 heavy (non-hydrogen) atoms. The normalized spacial score (nSPS) is 26.7. The lowest BCUT2D eigenvalue weighted by molar-refractivity contribution is -0.0835. The van der Waals surface area contributed by atoms with Crippen molar-refractivity contribution in [3.05, 3.63) is 0 Å². The summed E-state index contributed by atoms with van der Waals surface area (Å²) in [5.41, 5.74) is 0.255. The second kappa shape index (κ2) is 7.05. The smallest absolute Gasteiger partial charge is 0.0697 e. The highest BCUT2D eigenvalue weighted by Gasteiger charge is 2.39. The van der Waals surface area contributed by atoms with Gasteiger partial charge in [0.2, 0.25) is 0 Å². The molecular weight excluding hydrogens is 236 g/mol. The van der Waals surface area contributed by atoms with Crippen molar-refractivity contribution >= 4 is 0 Å². The number of nitrogens with one attached hydrogen (secondary N) is 1. The number of ether oxygens (including phenoxy) is 1. The first-order valence-corrected chi connectivity index (χ1v) is 8.19. The Balaban J connectivity index is 1.63. The standard InChI is InChI=1S/C16H32N2O/c1-14(2)18(3)11-6-10-17-15-7-12-19-16(13-15)8-4-5-9-16/h14-15,17H,4-13H2,1-3H3. The van der Waals surface area contributed by atoms with Crippen LogP contribution in [0.2, 0.25) is 0 Å². The topological polar surface area (TPSA) is 24.5 Å². The van der Waals surface area contributed by atoms with Gasteiger partial charge in [0.1, 0.15) is 0 Å². The van der Waals surface area contributed by atoms with Gasteiger partial charge in [-0.05, 0) is 66.1 Å². The lowest BCUT2D eigenvalue weighted by atomic mass is 9.89. The molecule has 2 rings (SSSR count). The van der Waals surface area contributed by atoms with E-state index in [1.807, 2.05) is 0 Å². The van der Waals surface area contributed by atoms with Crippen LogP contribution in [0.25, 0.3) is 0 Å². The van der Waals surface area contributed by atoms with Gasteiger partial charge in [0.25, 0.3) is 0 Å². The molecule has 112 valence electrons. The van der Waals surface area contributed by atoms with Crippen LogP contribution in [0.3, 0.4) is 0 Å². The number of hydrogen-bond donors (Lipinski definition) is 1. The first-order chi connectivity index (χ1) is 9.11. The van der Waals surface area contributed by atoms with Gasteiger partial charge in [-0.2, -0.15) is 0 Å². The molecule has 1 unspecified atom stereocenters. The van der Waals surface area contributed by atoms with E-state index < -0.39 is 0 Å². The lowest BCUT2D eigenvalue weighted by Crippen LogP contribution is -2.46. The van der Waals surface area contributed by atoms with Crippen LogP contribution in [0.5, 0.6) is 0 Å². The average molecular weight is 268 g/mol. The van der Waals surface area contributed by atoms with Crippen molar-refractivity contribution in [3.63, 3.8) is 0 Å². The summed E-state index contributed by atoms with van der Waals surface area (Å²) in [5.74, 6) is 0. The molecule has 0 amide bonds. The Morgan fingerprint density at radius 1 is 1.32 bits per heavy atom. The maximum absolute atomic E-state index is 6.08. The number of rotatable bonds is 6. The zero-order valence-corrected chi connectivity index (χ0v) is 13.1. The zero-order valence-electron chi connectivity index (χ0n) is 13.1. The predicted molar refractivity (Wildman–Crippen MR) is 80.6 cm³/mol. The summed E-state index contributed by atoms with van der Waals surface area (Å²) in [6.45, 7) is 7.83. The molecule has 0 radical (unpaired) electrons. The molecule has 1 spiro atoms. The second-order valence-corrected chi connectivity index (χ2v) is 6.81. The number of hydrogen-bond acceptors (Lipinski definition) is 3. The molecule has 1 saturated heterocycles. The first-order valence-electron chi connectivity index (χ1n) is 8.19. The summed E-state index contributed by atoms with van der Waals surface area (Å²) in [6.07, 6.45) is 9.01. The molecule has 0 aromatic heterocycles. The molecule has 0 aromatic rings. The van der Waals surface area contributed by atoms with Gasteiger partial charge in [-0.3, -0.25) is 0 Å². The molecule has 3 nitrogen and oxygen atoms in total. The van der Waals surface area contributed by atoms with Crippen LogP contribution in [0.1, 0.15) is 58.8 Å². The molecule has 0 bridgehead atoms. The van der Waals surface area contributed by atoms with Crippen LogP contribution < -0.4 is 5.32 Å². The van der Waals surface area contributed by atoms with Crippen LogP contribution in [0.4, 0.5) is 0 Å². The molecule has 2 aliphatic rings. The lowest BCUT2D eigenvalue weighted by Gasteiger charge is -2.38. The van der Waals surface area contributed by atoms with E-state index in [-0.39, 0.29) is 5.60 Å². The highest BCUT2D eigenvalue weighted by atomic mass is 16.5. The molecule has 1 N–H and O–H groups in total. The number of nitrogens with zero attached hydrogens (tertiary/aromatic N) is 1. The minimum Gasteiger partial charge on any atom is -0.375 e. The summed E-state index contributed by atoms with van der Waals surface area (Å²) in [5, 5.41) is 3.76. The third-order valence-electron chi connectivity index (χ3n) is 5.01. The average Bonchev–Trinajstić information content (AvgIpc) is 2.82. The van der Waals surface area contributed by atoms with Gasteiger partial charge in [-0.15, -0.1) is 0 Å². The molecule has 1 aliphatic heterocycles. The summed E-state index contributed by atoms with van der Waals surface area (Å²) in [6, 6.07) is 1.35. The van der Waals surface area contributed by atoms with Crippen molar-refractivity contribution in [2.24, 2.45) is 0 Å². The van der Waals surface area contributed by atoms with Crippen LogP contribution in [-0.2, 0) is 4.74 Å². The van der Waals surface area contributed by atoms with Crippen molar-refractivity contribution < 1.29 is 4.74 Å². The van der Waals surface area contributed by atoms with E-state index in [0.29, 0.717) is 12.1 Å². The maximum atomic E-state index is 6.08. The fourth-order valence-corrected chi connectivity index (χ4v) is 3.46. The van der Waals surface area contributed by atoms with E-state index in [1.54, 1.807) is 0 Å². The van der Waals surface area contributed by atoms with Gasteiger partial charge in [0.05, 0.1) is 5.60 Å². The van der Waals surface area contributed by atoms with Gasteiger partial charge in [-0.25, -0.2) is 0 Å². The monoisotopic (exact) mass is 268 g/mol. The minimum atomic E-state index is 0.255. The van der Waals surface area contributed by atoms with E-state index in [2.05, 4.69) is 31.1 Å². The van der Waals surface area contributed by atoms with Crippen LogP contribution in [0, 0.1) is 0 Å². The Hall–Kier alpha value is -0.120. The minimum absolute atomic E-state index is 0.255. The molecule has 2 fully saturated rings. The maximum Gasteiger partial charge on any atom is 0.0697 e. The van der Waals surface area contributed by atoms with Gasteiger partial charge in [0, 0.05) is 18.7 Å². The predicted octanol–water partition coefficient (Wildman–Crippen LogP) is 2.80.